The quantitative estimate of drug-likeness (QED) is 0.438. The summed E-state index contributed by atoms with van der Waals surface area (Å²) in [6.45, 7) is 2.27. The van der Waals surface area contributed by atoms with Gasteiger partial charge < -0.3 is 5.32 Å². The van der Waals surface area contributed by atoms with E-state index >= 15 is 0 Å². The molecule has 0 spiro atoms. The second-order valence-electron chi connectivity index (χ2n) is 6.45. The molecule has 0 heterocycles. The Labute approximate surface area is 176 Å². The highest BCUT2D eigenvalue weighted by molar-refractivity contribution is 6.36. The summed E-state index contributed by atoms with van der Waals surface area (Å²) >= 11 is 6.22. The number of hydrazone groups is 1. The van der Waals surface area contributed by atoms with Gasteiger partial charge in [0.1, 0.15) is 0 Å². The van der Waals surface area contributed by atoms with Crippen LogP contribution in [0.3, 0.4) is 0 Å². The van der Waals surface area contributed by atoms with Crippen molar-refractivity contribution in [1.82, 2.24) is 10.7 Å². The molecular weight excluding hydrogens is 393 g/mol. The Balaban J connectivity index is 0.00000280. The van der Waals surface area contributed by atoms with Crippen molar-refractivity contribution in [2.45, 2.75) is 19.4 Å². The molecule has 146 valence electrons. The van der Waals surface area contributed by atoms with E-state index in [9.17, 15) is 4.79 Å². The monoisotopic (exact) mass is 415 g/mol. The average molecular weight is 416 g/mol. The predicted molar refractivity (Wildman–Crippen MR) is 120 cm³/mol. The Morgan fingerprint density at radius 2 is 1.71 bits per heavy atom. The Kier molecular flexibility index (Phi) is 8.45. The molecule has 3 aromatic carbocycles. The van der Waals surface area contributed by atoms with Gasteiger partial charge in [0.2, 0.25) is 0 Å². The van der Waals surface area contributed by atoms with Crippen molar-refractivity contribution in [3.8, 4) is 0 Å². The molecule has 0 saturated carbocycles. The van der Waals surface area contributed by atoms with Crippen molar-refractivity contribution in [2.75, 3.05) is 6.54 Å². The van der Waals surface area contributed by atoms with Gasteiger partial charge in [-0.1, -0.05) is 72.3 Å². The van der Waals surface area contributed by atoms with Gasteiger partial charge in [-0.3, -0.25) is 4.79 Å². The van der Waals surface area contributed by atoms with Crippen molar-refractivity contribution in [3.63, 3.8) is 0 Å². The van der Waals surface area contributed by atoms with Crippen LogP contribution in [0, 0.1) is 0 Å². The first-order chi connectivity index (χ1) is 13.1. The minimum atomic E-state index is -0.176. The van der Waals surface area contributed by atoms with Crippen molar-refractivity contribution < 1.29 is 4.79 Å². The summed E-state index contributed by atoms with van der Waals surface area (Å²) in [5.41, 5.74) is 4.71. The Morgan fingerprint density at radius 1 is 1.04 bits per heavy atom. The normalized spacial score (nSPS) is 11.9. The number of benzene rings is 3. The molecule has 3 aromatic rings. The SMILES string of the molecule is CC(Cc1ccccc1)NCC(=O)N/N=C/c1ccc(Cl)c2ccccc12.Cl. The standard InChI is InChI=1S/C22H22ClN3O.ClH/c1-16(13-17-7-3-2-4-8-17)24-15-22(27)26-25-14-18-11-12-21(23)20-10-6-5-9-19(18)20;/h2-12,14,16,24H,13,15H2,1H3,(H,26,27);1H/b25-14+;. The summed E-state index contributed by atoms with van der Waals surface area (Å²) in [5.74, 6) is -0.176. The minimum absolute atomic E-state index is 0. The van der Waals surface area contributed by atoms with Gasteiger partial charge in [0.15, 0.2) is 0 Å². The molecule has 28 heavy (non-hydrogen) atoms. The lowest BCUT2D eigenvalue weighted by atomic mass is 10.1. The van der Waals surface area contributed by atoms with Crippen LogP contribution in [-0.4, -0.2) is 24.7 Å². The highest BCUT2D eigenvalue weighted by Gasteiger charge is 2.06. The smallest absolute Gasteiger partial charge is 0.254 e. The summed E-state index contributed by atoms with van der Waals surface area (Å²) in [6.07, 6.45) is 2.51. The van der Waals surface area contributed by atoms with Crippen LogP contribution in [0.5, 0.6) is 0 Å². The molecule has 3 rings (SSSR count). The van der Waals surface area contributed by atoms with Crippen LogP contribution in [-0.2, 0) is 11.2 Å². The molecular formula is C22H23Cl2N3O. The third-order valence-electron chi connectivity index (χ3n) is 4.29. The van der Waals surface area contributed by atoms with Crippen LogP contribution in [0.15, 0.2) is 71.8 Å². The number of amides is 1. The van der Waals surface area contributed by atoms with Gasteiger partial charge >= 0.3 is 0 Å². The first-order valence-corrected chi connectivity index (χ1v) is 9.28. The zero-order valence-corrected chi connectivity index (χ0v) is 17.1. The van der Waals surface area contributed by atoms with Crippen LogP contribution < -0.4 is 10.7 Å². The van der Waals surface area contributed by atoms with E-state index in [0.717, 1.165) is 22.8 Å². The molecule has 0 aromatic heterocycles. The fourth-order valence-corrected chi connectivity index (χ4v) is 3.15. The molecule has 0 fully saturated rings. The lowest BCUT2D eigenvalue weighted by Gasteiger charge is -2.13. The van der Waals surface area contributed by atoms with Crippen LogP contribution in [0.2, 0.25) is 5.02 Å². The first-order valence-electron chi connectivity index (χ1n) is 8.90. The highest BCUT2D eigenvalue weighted by Crippen LogP contribution is 2.25. The van der Waals surface area contributed by atoms with Gasteiger partial charge in [0, 0.05) is 22.0 Å². The summed E-state index contributed by atoms with van der Waals surface area (Å²) in [5, 5.41) is 9.95. The van der Waals surface area contributed by atoms with E-state index in [1.807, 2.05) is 54.6 Å². The summed E-state index contributed by atoms with van der Waals surface area (Å²) in [4.78, 5) is 12.0. The highest BCUT2D eigenvalue weighted by atomic mass is 35.5. The maximum absolute atomic E-state index is 12.0. The number of hydrogen-bond acceptors (Lipinski definition) is 3. The zero-order chi connectivity index (χ0) is 19.1. The lowest BCUT2D eigenvalue weighted by molar-refractivity contribution is -0.120. The second-order valence-corrected chi connectivity index (χ2v) is 6.85. The molecule has 1 amide bonds. The van der Waals surface area contributed by atoms with Gasteiger partial charge in [-0.25, -0.2) is 5.43 Å². The number of carbonyl (C=O) groups excluding carboxylic acids is 1. The van der Waals surface area contributed by atoms with E-state index in [0.29, 0.717) is 5.02 Å². The van der Waals surface area contributed by atoms with Gasteiger partial charge in [-0.2, -0.15) is 5.10 Å². The largest absolute Gasteiger partial charge is 0.306 e. The fourth-order valence-electron chi connectivity index (χ4n) is 2.92. The Morgan fingerprint density at radius 3 is 2.46 bits per heavy atom. The van der Waals surface area contributed by atoms with E-state index in [4.69, 9.17) is 11.6 Å². The summed E-state index contributed by atoms with van der Waals surface area (Å²) < 4.78 is 0. The number of hydrogen-bond donors (Lipinski definition) is 2. The van der Waals surface area contributed by atoms with E-state index in [2.05, 4.69) is 34.9 Å². The van der Waals surface area contributed by atoms with Gasteiger partial charge in [-0.05, 0) is 30.4 Å². The lowest BCUT2D eigenvalue weighted by Crippen LogP contribution is -2.37. The maximum Gasteiger partial charge on any atom is 0.254 e. The summed E-state index contributed by atoms with van der Waals surface area (Å²) in [7, 11) is 0. The van der Waals surface area contributed by atoms with Crippen LogP contribution in [0.25, 0.3) is 10.8 Å². The van der Waals surface area contributed by atoms with E-state index < -0.39 is 0 Å². The third kappa shape index (κ3) is 6.06. The van der Waals surface area contributed by atoms with Crippen LogP contribution >= 0.6 is 24.0 Å². The molecule has 1 atom stereocenters. The number of halogens is 2. The van der Waals surface area contributed by atoms with Crippen molar-refractivity contribution in [3.05, 3.63) is 82.9 Å². The molecule has 0 aliphatic rings. The average Bonchev–Trinajstić information content (AvgIpc) is 2.69. The summed E-state index contributed by atoms with van der Waals surface area (Å²) in [6, 6.07) is 22.0. The molecule has 0 aliphatic heterocycles. The number of carbonyl (C=O) groups is 1. The van der Waals surface area contributed by atoms with E-state index in [-0.39, 0.29) is 30.9 Å². The molecule has 0 bridgehead atoms. The second kappa shape index (κ2) is 10.8. The zero-order valence-electron chi connectivity index (χ0n) is 15.6. The predicted octanol–water partition coefficient (Wildman–Crippen LogP) is 4.59. The maximum atomic E-state index is 12.0. The molecule has 0 saturated heterocycles. The molecule has 1 unspecified atom stereocenters. The topological polar surface area (TPSA) is 53.5 Å². The number of fused-ring (bicyclic) bond motifs is 1. The fraction of sp³-hybridized carbons (Fsp3) is 0.182. The number of nitrogens with zero attached hydrogens (tertiary/aromatic N) is 1. The molecule has 0 radical (unpaired) electrons. The third-order valence-corrected chi connectivity index (χ3v) is 4.62. The van der Waals surface area contributed by atoms with Gasteiger partial charge in [0.05, 0.1) is 12.8 Å². The van der Waals surface area contributed by atoms with E-state index in [1.54, 1.807) is 6.21 Å². The molecule has 4 nitrogen and oxygen atoms in total. The van der Waals surface area contributed by atoms with Crippen molar-refractivity contribution >= 4 is 46.9 Å². The van der Waals surface area contributed by atoms with Crippen molar-refractivity contribution in [2.24, 2.45) is 5.10 Å². The minimum Gasteiger partial charge on any atom is -0.306 e. The first kappa shape index (κ1) is 21.9. The molecule has 0 aliphatic carbocycles. The van der Waals surface area contributed by atoms with E-state index in [1.165, 1.54) is 5.56 Å². The molecule has 2 N–H and O–H groups in total. The Hall–Kier alpha value is -2.40. The van der Waals surface area contributed by atoms with Gasteiger partial charge in [-0.15, -0.1) is 12.4 Å². The van der Waals surface area contributed by atoms with Crippen molar-refractivity contribution in [1.29, 1.82) is 0 Å². The molecule has 6 heteroatoms. The van der Waals surface area contributed by atoms with Crippen LogP contribution in [0.1, 0.15) is 18.1 Å². The van der Waals surface area contributed by atoms with Gasteiger partial charge in [0.25, 0.3) is 5.91 Å². The number of rotatable bonds is 7. The van der Waals surface area contributed by atoms with Crippen LogP contribution in [0.4, 0.5) is 0 Å². The Bertz CT molecular complexity index is 945. The number of nitrogens with one attached hydrogen (secondary N) is 2.